The average molecular weight is 255 g/mol. The molecule has 0 amide bonds. The molecule has 0 unspecified atom stereocenters. The van der Waals surface area contributed by atoms with Gasteiger partial charge in [0.15, 0.2) is 0 Å². The van der Waals surface area contributed by atoms with Gasteiger partial charge in [-0.3, -0.25) is 0 Å². The van der Waals surface area contributed by atoms with Crippen LogP contribution >= 0.6 is 0 Å². The van der Waals surface area contributed by atoms with Gasteiger partial charge in [0.2, 0.25) is 5.82 Å². The predicted octanol–water partition coefficient (Wildman–Crippen LogP) is 3.12. The van der Waals surface area contributed by atoms with Crippen LogP contribution in [0.15, 0.2) is 53.1 Å². The number of nitrogens with zero attached hydrogens (tertiary/aromatic N) is 2. The van der Waals surface area contributed by atoms with Gasteiger partial charge in [-0.1, -0.05) is 17.3 Å². The average Bonchev–Trinajstić information content (AvgIpc) is 2.89. The minimum Gasteiger partial charge on any atom is -0.399 e. The monoisotopic (exact) mass is 255 g/mol. The number of anilines is 1. The van der Waals surface area contributed by atoms with Crippen LogP contribution < -0.4 is 5.73 Å². The molecule has 1 aromatic heterocycles. The molecule has 2 aromatic carbocycles. The fourth-order valence-electron chi connectivity index (χ4n) is 1.71. The van der Waals surface area contributed by atoms with Gasteiger partial charge in [0.05, 0.1) is 0 Å². The van der Waals surface area contributed by atoms with Gasteiger partial charge in [0.1, 0.15) is 5.82 Å². The minimum absolute atomic E-state index is 0.337. The summed E-state index contributed by atoms with van der Waals surface area (Å²) >= 11 is 0. The highest BCUT2D eigenvalue weighted by molar-refractivity contribution is 5.61. The molecule has 4 nitrogen and oxygen atoms in total. The van der Waals surface area contributed by atoms with Crippen molar-refractivity contribution in [2.45, 2.75) is 0 Å². The lowest BCUT2D eigenvalue weighted by molar-refractivity contribution is 0.432. The maximum atomic E-state index is 13.1. The minimum atomic E-state index is -0.337. The number of nitrogen functional groups attached to an aromatic ring is 1. The third kappa shape index (κ3) is 2.30. The van der Waals surface area contributed by atoms with E-state index in [2.05, 4.69) is 10.1 Å². The highest BCUT2D eigenvalue weighted by Gasteiger charge is 2.10. The SMILES string of the molecule is Nc1ccc(-c2nc(-c3cccc(F)c3)no2)cc1. The summed E-state index contributed by atoms with van der Waals surface area (Å²) in [5, 5.41) is 3.84. The summed E-state index contributed by atoms with van der Waals surface area (Å²) in [4.78, 5) is 4.24. The van der Waals surface area contributed by atoms with E-state index in [9.17, 15) is 4.39 Å². The molecule has 1 heterocycles. The summed E-state index contributed by atoms with van der Waals surface area (Å²) in [7, 11) is 0. The van der Waals surface area contributed by atoms with Crippen molar-refractivity contribution in [1.29, 1.82) is 0 Å². The molecule has 19 heavy (non-hydrogen) atoms. The number of benzene rings is 2. The Hall–Kier alpha value is -2.69. The van der Waals surface area contributed by atoms with Crippen LogP contribution in [0.3, 0.4) is 0 Å². The number of rotatable bonds is 2. The summed E-state index contributed by atoms with van der Waals surface area (Å²) in [5.41, 5.74) is 7.61. The lowest BCUT2D eigenvalue weighted by atomic mass is 10.2. The van der Waals surface area contributed by atoms with Gasteiger partial charge in [-0.2, -0.15) is 4.98 Å². The van der Waals surface area contributed by atoms with Crippen LogP contribution in [-0.2, 0) is 0 Å². The number of nitrogens with two attached hydrogens (primary N) is 1. The Morgan fingerprint density at radius 3 is 2.53 bits per heavy atom. The molecule has 0 saturated heterocycles. The van der Waals surface area contributed by atoms with Gasteiger partial charge in [-0.05, 0) is 36.4 Å². The third-order valence-electron chi connectivity index (χ3n) is 2.67. The zero-order valence-electron chi connectivity index (χ0n) is 9.88. The Balaban J connectivity index is 1.97. The number of halogens is 1. The van der Waals surface area contributed by atoms with Crippen molar-refractivity contribution in [1.82, 2.24) is 10.1 Å². The second-order valence-corrected chi connectivity index (χ2v) is 4.06. The van der Waals surface area contributed by atoms with Crippen LogP contribution in [0.25, 0.3) is 22.8 Å². The molecule has 0 spiro atoms. The summed E-state index contributed by atoms with van der Waals surface area (Å²) in [5.74, 6) is 0.391. The fraction of sp³-hybridized carbons (Fsp3) is 0. The van der Waals surface area contributed by atoms with Crippen LogP contribution in [0, 0.1) is 5.82 Å². The van der Waals surface area contributed by atoms with Crippen molar-refractivity contribution >= 4 is 5.69 Å². The summed E-state index contributed by atoms with van der Waals surface area (Å²) in [6.45, 7) is 0. The zero-order valence-corrected chi connectivity index (χ0v) is 9.88. The van der Waals surface area contributed by atoms with Gasteiger partial charge in [0.25, 0.3) is 5.89 Å². The summed E-state index contributed by atoms with van der Waals surface area (Å²) < 4.78 is 18.3. The molecular formula is C14H10FN3O. The molecule has 0 radical (unpaired) electrons. The summed E-state index contributed by atoms with van der Waals surface area (Å²) in [6, 6.07) is 13.1. The number of hydrogen-bond acceptors (Lipinski definition) is 4. The van der Waals surface area contributed by atoms with Gasteiger partial charge in [-0.15, -0.1) is 0 Å². The van der Waals surface area contributed by atoms with E-state index in [0.29, 0.717) is 23.0 Å². The lowest BCUT2D eigenvalue weighted by Gasteiger charge is -1.95. The molecule has 0 aliphatic carbocycles. The standard InChI is InChI=1S/C14H10FN3O/c15-11-3-1-2-10(8-11)13-17-14(19-18-13)9-4-6-12(16)7-5-9/h1-8H,16H2. The van der Waals surface area contributed by atoms with Crippen LogP contribution in [0.2, 0.25) is 0 Å². The number of aromatic nitrogens is 2. The van der Waals surface area contributed by atoms with Gasteiger partial charge in [0, 0.05) is 16.8 Å². The second kappa shape index (κ2) is 4.53. The summed E-state index contributed by atoms with van der Waals surface area (Å²) in [6.07, 6.45) is 0. The van der Waals surface area contributed by atoms with Gasteiger partial charge >= 0.3 is 0 Å². The van der Waals surface area contributed by atoms with Crippen molar-refractivity contribution in [3.8, 4) is 22.8 Å². The molecule has 5 heteroatoms. The first kappa shape index (κ1) is 11.4. The van der Waals surface area contributed by atoms with E-state index in [1.165, 1.54) is 12.1 Å². The Morgan fingerprint density at radius 2 is 1.79 bits per heavy atom. The first-order chi connectivity index (χ1) is 9.22. The molecule has 3 rings (SSSR count). The van der Waals surface area contributed by atoms with Gasteiger partial charge in [-0.25, -0.2) is 4.39 Å². The van der Waals surface area contributed by atoms with Crippen molar-refractivity contribution in [3.63, 3.8) is 0 Å². The maximum absolute atomic E-state index is 13.1. The molecule has 0 fully saturated rings. The molecule has 0 bridgehead atoms. The topological polar surface area (TPSA) is 64.9 Å². The van der Waals surface area contributed by atoms with Crippen LogP contribution in [0.1, 0.15) is 0 Å². The molecule has 2 N–H and O–H groups in total. The van der Waals surface area contributed by atoms with E-state index < -0.39 is 0 Å². The first-order valence-electron chi connectivity index (χ1n) is 5.68. The fourth-order valence-corrected chi connectivity index (χ4v) is 1.71. The second-order valence-electron chi connectivity index (χ2n) is 4.06. The normalized spacial score (nSPS) is 10.6. The van der Waals surface area contributed by atoms with Crippen molar-refractivity contribution < 1.29 is 8.91 Å². The largest absolute Gasteiger partial charge is 0.399 e. The van der Waals surface area contributed by atoms with Crippen LogP contribution in [0.5, 0.6) is 0 Å². The van der Waals surface area contributed by atoms with Crippen molar-refractivity contribution in [3.05, 3.63) is 54.3 Å². The Kier molecular flexibility index (Phi) is 2.72. The highest BCUT2D eigenvalue weighted by atomic mass is 19.1. The number of hydrogen-bond donors (Lipinski definition) is 1. The zero-order chi connectivity index (χ0) is 13.2. The smallest absolute Gasteiger partial charge is 0.258 e. The van der Waals surface area contributed by atoms with Crippen LogP contribution in [0.4, 0.5) is 10.1 Å². The molecular weight excluding hydrogens is 245 g/mol. The quantitative estimate of drug-likeness (QED) is 0.714. The Bertz CT molecular complexity index is 707. The van der Waals surface area contributed by atoms with Crippen LogP contribution in [-0.4, -0.2) is 10.1 Å². The van der Waals surface area contributed by atoms with E-state index >= 15 is 0 Å². The van der Waals surface area contributed by atoms with Gasteiger partial charge < -0.3 is 10.3 Å². The molecule has 0 saturated carbocycles. The van der Waals surface area contributed by atoms with E-state index in [-0.39, 0.29) is 5.82 Å². The van der Waals surface area contributed by atoms with E-state index in [4.69, 9.17) is 10.3 Å². The lowest BCUT2D eigenvalue weighted by Crippen LogP contribution is -1.84. The molecule has 0 atom stereocenters. The Labute approximate surface area is 108 Å². The first-order valence-corrected chi connectivity index (χ1v) is 5.68. The predicted molar refractivity (Wildman–Crippen MR) is 69.5 cm³/mol. The van der Waals surface area contributed by atoms with Crippen molar-refractivity contribution in [2.75, 3.05) is 5.73 Å². The van der Waals surface area contributed by atoms with E-state index in [0.717, 1.165) is 5.56 Å². The Morgan fingerprint density at radius 1 is 1.00 bits per heavy atom. The molecule has 0 aliphatic heterocycles. The van der Waals surface area contributed by atoms with E-state index in [1.54, 1.807) is 36.4 Å². The molecule has 0 aliphatic rings. The molecule has 3 aromatic rings. The highest BCUT2D eigenvalue weighted by Crippen LogP contribution is 2.23. The van der Waals surface area contributed by atoms with Crippen molar-refractivity contribution in [2.24, 2.45) is 0 Å². The molecule has 94 valence electrons. The van der Waals surface area contributed by atoms with E-state index in [1.807, 2.05) is 0 Å². The maximum Gasteiger partial charge on any atom is 0.258 e. The third-order valence-corrected chi connectivity index (χ3v) is 2.67.